The summed E-state index contributed by atoms with van der Waals surface area (Å²) in [4.78, 5) is 13.2. The molecule has 0 spiro atoms. The summed E-state index contributed by atoms with van der Waals surface area (Å²) in [7, 11) is 0. The van der Waals surface area contributed by atoms with Gasteiger partial charge in [-0.2, -0.15) is 5.10 Å². The van der Waals surface area contributed by atoms with Gasteiger partial charge in [-0.15, -0.1) is 0 Å². The molecule has 2 aromatic heterocycles. The summed E-state index contributed by atoms with van der Waals surface area (Å²) in [5.74, 6) is 0. The summed E-state index contributed by atoms with van der Waals surface area (Å²) in [5.41, 5.74) is 13.3. The lowest BCUT2D eigenvalue weighted by molar-refractivity contribution is 0.523. The molecular weight excluding hydrogens is 326 g/mol. The summed E-state index contributed by atoms with van der Waals surface area (Å²) in [5, 5.41) is 9.48. The van der Waals surface area contributed by atoms with E-state index in [9.17, 15) is 4.79 Å². The number of aromatic nitrogens is 3. The van der Waals surface area contributed by atoms with Gasteiger partial charge in [0.25, 0.3) is 5.56 Å². The van der Waals surface area contributed by atoms with E-state index in [0.717, 1.165) is 23.0 Å². The Morgan fingerprint density at radius 1 is 1.33 bits per heavy atom. The Bertz CT molecular complexity index is 957. The van der Waals surface area contributed by atoms with Crippen molar-refractivity contribution in [2.75, 3.05) is 13.1 Å². The average Bonchev–Trinajstić information content (AvgIpc) is 3.01. The molecule has 7 heteroatoms. The number of benzene rings is 1. The molecule has 24 heavy (non-hydrogen) atoms. The van der Waals surface area contributed by atoms with Crippen LogP contribution in [0.4, 0.5) is 0 Å². The third-order valence-electron chi connectivity index (χ3n) is 4.50. The second-order valence-electron chi connectivity index (χ2n) is 6.67. The summed E-state index contributed by atoms with van der Waals surface area (Å²) < 4.78 is 1.76. The molecule has 1 aromatic carbocycles. The fraction of sp³-hybridized carbons (Fsp3) is 0.412. The number of H-pyrrole nitrogens is 1. The van der Waals surface area contributed by atoms with Gasteiger partial charge in [-0.05, 0) is 31.2 Å². The van der Waals surface area contributed by atoms with Crippen LogP contribution in [0.1, 0.15) is 26.0 Å². The molecule has 0 bridgehead atoms. The summed E-state index contributed by atoms with van der Waals surface area (Å²) in [6.45, 7) is 5.46. The molecule has 0 saturated carbocycles. The average molecular weight is 348 g/mol. The lowest BCUT2D eigenvalue weighted by atomic mass is 9.87. The standard InChI is InChI=1S/C17H22ClN5O/c1-17(2,9-20)15-13-14(21-22-15)11-8-10(18)4-5-12(11)23(16(13)24)7-3-6-19/h4-5,8H,3,6-7,9,19-20H2,1-2H3,(H,21,22). The molecule has 5 N–H and O–H groups in total. The Morgan fingerprint density at radius 2 is 2.08 bits per heavy atom. The van der Waals surface area contributed by atoms with Crippen molar-refractivity contribution in [3.63, 3.8) is 0 Å². The fourth-order valence-corrected chi connectivity index (χ4v) is 3.16. The largest absolute Gasteiger partial charge is 0.330 e. The Hall–Kier alpha value is -1.89. The molecule has 2 heterocycles. The van der Waals surface area contributed by atoms with Gasteiger partial charge in [0.05, 0.1) is 16.6 Å². The van der Waals surface area contributed by atoms with Crippen LogP contribution in [-0.2, 0) is 12.0 Å². The van der Waals surface area contributed by atoms with Crippen molar-refractivity contribution in [1.29, 1.82) is 0 Å². The molecular formula is C17H22ClN5O. The van der Waals surface area contributed by atoms with Gasteiger partial charge in [-0.1, -0.05) is 25.4 Å². The minimum Gasteiger partial charge on any atom is -0.330 e. The van der Waals surface area contributed by atoms with Crippen molar-refractivity contribution in [2.45, 2.75) is 32.2 Å². The van der Waals surface area contributed by atoms with E-state index >= 15 is 0 Å². The first-order valence-corrected chi connectivity index (χ1v) is 8.39. The SMILES string of the molecule is CC(C)(CN)c1[nH]nc2c1c(=O)n(CCCN)c1ccc(Cl)cc21. The lowest BCUT2D eigenvalue weighted by Gasteiger charge is -2.21. The van der Waals surface area contributed by atoms with Crippen LogP contribution in [0.3, 0.4) is 0 Å². The minimum atomic E-state index is -0.383. The number of pyridine rings is 1. The van der Waals surface area contributed by atoms with Gasteiger partial charge < -0.3 is 16.0 Å². The summed E-state index contributed by atoms with van der Waals surface area (Å²) in [6.07, 6.45) is 0.719. The molecule has 0 aliphatic carbocycles. The van der Waals surface area contributed by atoms with E-state index in [1.165, 1.54) is 0 Å². The first-order valence-electron chi connectivity index (χ1n) is 8.01. The molecule has 0 aliphatic rings. The highest BCUT2D eigenvalue weighted by Gasteiger charge is 2.27. The van der Waals surface area contributed by atoms with Crippen LogP contribution < -0.4 is 17.0 Å². The van der Waals surface area contributed by atoms with Crippen molar-refractivity contribution < 1.29 is 0 Å². The number of halogens is 1. The molecule has 0 radical (unpaired) electrons. The quantitative estimate of drug-likeness (QED) is 0.657. The van der Waals surface area contributed by atoms with Crippen LogP contribution in [0.5, 0.6) is 0 Å². The van der Waals surface area contributed by atoms with E-state index in [2.05, 4.69) is 10.2 Å². The van der Waals surface area contributed by atoms with Crippen LogP contribution in [0, 0.1) is 0 Å². The molecule has 3 aromatic rings. The number of aryl methyl sites for hydroxylation is 1. The lowest BCUT2D eigenvalue weighted by Crippen LogP contribution is -2.31. The number of hydrogen-bond acceptors (Lipinski definition) is 4. The van der Waals surface area contributed by atoms with Gasteiger partial charge in [-0.3, -0.25) is 9.89 Å². The van der Waals surface area contributed by atoms with Gasteiger partial charge in [0.15, 0.2) is 0 Å². The third kappa shape index (κ3) is 2.60. The molecule has 0 fully saturated rings. The molecule has 128 valence electrons. The van der Waals surface area contributed by atoms with E-state index in [4.69, 9.17) is 23.1 Å². The van der Waals surface area contributed by atoms with E-state index in [0.29, 0.717) is 35.6 Å². The molecule has 0 atom stereocenters. The van der Waals surface area contributed by atoms with Gasteiger partial charge >= 0.3 is 0 Å². The summed E-state index contributed by atoms with van der Waals surface area (Å²) in [6, 6.07) is 5.49. The number of rotatable bonds is 5. The fourth-order valence-electron chi connectivity index (χ4n) is 2.99. The Kier molecular flexibility index (Phi) is 4.38. The number of fused-ring (bicyclic) bond motifs is 3. The monoisotopic (exact) mass is 347 g/mol. The van der Waals surface area contributed by atoms with Crippen molar-refractivity contribution in [3.05, 3.63) is 39.3 Å². The third-order valence-corrected chi connectivity index (χ3v) is 4.74. The zero-order valence-corrected chi connectivity index (χ0v) is 14.7. The molecule has 0 unspecified atom stereocenters. The number of hydrogen-bond donors (Lipinski definition) is 3. The number of nitrogens with zero attached hydrogens (tertiary/aromatic N) is 2. The smallest absolute Gasteiger partial charge is 0.262 e. The van der Waals surface area contributed by atoms with Crippen LogP contribution in [0.2, 0.25) is 5.02 Å². The molecule has 0 amide bonds. The molecule has 0 saturated heterocycles. The number of nitrogens with one attached hydrogen (secondary N) is 1. The second-order valence-corrected chi connectivity index (χ2v) is 7.11. The first-order chi connectivity index (χ1) is 11.4. The Labute approximate surface area is 144 Å². The van der Waals surface area contributed by atoms with E-state index in [-0.39, 0.29) is 11.0 Å². The molecule has 0 aliphatic heterocycles. The molecule has 3 rings (SSSR count). The number of nitrogens with two attached hydrogens (primary N) is 2. The highest BCUT2D eigenvalue weighted by molar-refractivity contribution is 6.31. The zero-order chi connectivity index (χ0) is 17.5. The predicted molar refractivity (Wildman–Crippen MR) is 98.6 cm³/mol. The predicted octanol–water partition coefficient (Wildman–Crippen LogP) is 2.12. The summed E-state index contributed by atoms with van der Waals surface area (Å²) >= 11 is 6.17. The van der Waals surface area contributed by atoms with Gasteiger partial charge in [0.2, 0.25) is 0 Å². The zero-order valence-electron chi connectivity index (χ0n) is 13.9. The van der Waals surface area contributed by atoms with Crippen LogP contribution >= 0.6 is 11.6 Å². The van der Waals surface area contributed by atoms with Gasteiger partial charge in [-0.25, -0.2) is 0 Å². The highest BCUT2D eigenvalue weighted by Crippen LogP contribution is 2.30. The normalized spacial score (nSPS) is 12.4. The van der Waals surface area contributed by atoms with Crippen LogP contribution in [-0.4, -0.2) is 27.9 Å². The Balaban J connectivity index is 2.45. The first kappa shape index (κ1) is 17.0. The maximum atomic E-state index is 13.2. The Morgan fingerprint density at radius 3 is 2.75 bits per heavy atom. The van der Waals surface area contributed by atoms with E-state index in [1.54, 1.807) is 10.6 Å². The van der Waals surface area contributed by atoms with E-state index in [1.807, 2.05) is 26.0 Å². The second kappa shape index (κ2) is 6.20. The van der Waals surface area contributed by atoms with Crippen molar-refractivity contribution >= 4 is 33.4 Å². The van der Waals surface area contributed by atoms with Crippen LogP contribution in [0.25, 0.3) is 21.8 Å². The van der Waals surface area contributed by atoms with Crippen LogP contribution in [0.15, 0.2) is 23.0 Å². The van der Waals surface area contributed by atoms with E-state index < -0.39 is 0 Å². The maximum absolute atomic E-state index is 13.2. The molecule has 6 nitrogen and oxygen atoms in total. The number of aromatic amines is 1. The topological polar surface area (TPSA) is 103 Å². The van der Waals surface area contributed by atoms with Gasteiger partial charge in [0.1, 0.15) is 5.52 Å². The van der Waals surface area contributed by atoms with Crippen molar-refractivity contribution in [1.82, 2.24) is 14.8 Å². The minimum absolute atomic E-state index is 0.0708. The maximum Gasteiger partial charge on any atom is 0.262 e. The van der Waals surface area contributed by atoms with Crippen molar-refractivity contribution in [3.8, 4) is 0 Å². The van der Waals surface area contributed by atoms with Crippen molar-refractivity contribution in [2.24, 2.45) is 11.5 Å². The highest BCUT2D eigenvalue weighted by atomic mass is 35.5. The van der Waals surface area contributed by atoms with Gasteiger partial charge in [0, 0.05) is 28.9 Å².